The van der Waals surface area contributed by atoms with E-state index in [1.807, 2.05) is 13.0 Å². The quantitative estimate of drug-likeness (QED) is 0.786. The fourth-order valence-electron chi connectivity index (χ4n) is 2.39. The molecule has 2 unspecified atom stereocenters. The molecule has 0 spiro atoms. The lowest BCUT2D eigenvalue weighted by molar-refractivity contribution is -0.149. The minimum Gasteiger partial charge on any atom is -0.493 e. The predicted molar refractivity (Wildman–Crippen MR) is 67.3 cm³/mol. The first-order valence-corrected chi connectivity index (χ1v) is 5.77. The average molecular weight is 245 g/mol. The van der Waals surface area contributed by atoms with Crippen LogP contribution in [0.1, 0.15) is 12.5 Å². The zero-order valence-electron chi connectivity index (χ0n) is 10.1. The number of benzene rings is 1. The number of rotatable bonds is 3. The van der Waals surface area contributed by atoms with Crippen LogP contribution in [0.25, 0.3) is 0 Å². The lowest BCUT2D eigenvalue weighted by Crippen LogP contribution is -2.57. The molecule has 2 N–H and O–H groups in total. The second-order valence-corrected chi connectivity index (χ2v) is 4.38. The van der Waals surface area contributed by atoms with Gasteiger partial charge in [-0.2, -0.15) is 0 Å². The highest BCUT2D eigenvalue weighted by Crippen LogP contribution is 2.40. The third-order valence-corrected chi connectivity index (χ3v) is 3.35. The summed E-state index contributed by atoms with van der Waals surface area (Å²) >= 11 is 0. The summed E-state index contributed by atoms with van der Waals surface area (Å²) in [4.78, 5) is 11.8. The number of carbonyl (C=O) groups is 1. The molecule has 0 saturated heterocycles. The molecule has 0 bridgehead atoms. The Labute approximate surface area is 106 Å². The van der Waals surface area contributed by atoms with Crippen LogP contribution in [-0.2, 0) is 10.3 Å². The van der Waals surface area contributed by atoms with Gasteiger partial charge >= 0.3 is 5.97 Å². The van der Waals surface area contributed by atoms with Gasteiger partial charge in [-0.05, 0) is 6.07 Å². The molecule has 4 heteroatoms. The number of para-hydroxylation sites is 1. The summed E-state index contributed by atoms with van der Waals surface area (Å²) in [5.41, 5.74) is -0.548. The van der Waals surface area contributed by atoms with Gasteiger partial charge in [0.05, 0.1) is 13.2 Å². The molecule has 1 aliphatic rings. The Morgan fingerprint density at radius 1 is 1.67 bits per heavy atom. The lowest BCUT2D eigenvalue weighted by Gasteiger charge is -2.40. The highest BCUT2D eigenvalue weighted by atomic mass is 16.5. The van der Waals surface area contributed by atoms with Crippen molar-refractivity contribution in [2.45, 2.75) is 12.5 Å². The summed E-state index contributed by atoms with van der Waals surface area (Å²) in [6.45, 7) is 2.39. The van der Waals surface area contributed by atoms with Crippen molar-refractivity contribution in [3.05, 3.63) is 29.8 Å². The van der Waals surface area contributed by atoms with E-state index in [-0.39, 0.29) is 12.5 Å². The van der Waals surface area contributed by atoms with Crippen LogP contribution >= 0.6 is 0 Å². The summed E-state index contributed by atoms with van der Waals surface area (Å²) in [5, 5.41) is 12.6. The molecular formula is C14H15NO3. The molecule has 0 aromatic heterocycles. The van der Waals surface area contributed by atoms with E-state index in [0.717, 1.165) is 0 Å². The van der Waals surface area contributed by atoms with Crippen LogP contribution in [0.15, 0.2) is 24.3 Å². The van der Waals surface area contributed by atoms with Gasteiger partial charge in [-0.25, -0.2) is 4.79 Å². The number of carboxylic acid groups (broad SMARTS) is 1. The van der Waals surface area contributed by atoms with Gasteiger partial charge in [0.1, 0.15) is 5.75 Å². The molecule has 2 atom stereocenters. The zero-order valence-corrected chi connectivity index (χ0v) is 10.1. The molecule has 4 nitrogen and oxygen atoms in total. The Morgan fingerprint density at radius 3 is 3.06 bits per heavy atom. The molecule has 1 aromatic carbocycles. The monoisotopic (exact) mass is 245 g/mol. The molecule has 94 valence electrons. The Kier molecular flexibility index (Phi) is 3.26. The maximum Gasteiger partial charge on any atom is 0.329 e. The van der Waals surface area contributed by atoms with Crippen LogP contribution < -0.4 is 10.1 Å². The fourth-order valence-corrected chi connectivity index (χ4v) is 2.39. The molecule has 1 aliphatic heterocycles. The van der Waals surface area contributed by atoms with Gasteiger partial charge in [0, 0.05) is 11.5 Å². The smallest absolute Gasteiger partial charge is 0.329 e. The van der Waals surface area contributed by atoms with Crippen molar-refractivity contribution in [2.24, 2.45) is 5.92 Å². The summed E-state index contributed by atoms with van der Waals surface area (Å²) in [5.74, 6) is 1.89. The molecule has 0 saturated carbocycles. The van der Waals surface area contributed by atoms with E-state index in [4.69, 9.17) is 11.2 Å². The van der Waals surface area contributed by atoms with Crippen molar-refractivity contribution in [1.29, 1.82) is 0 Å². The van der Waals surface area contributed by atoms with Gasteiger partial charge in [0.15, 0.2) is 5.54 Å². The van der Waals surface area contributed by atoms with Crippen molar-refractivity contribution >= 4 is 5.97 Å². The number of hydrogen-bond donors (Lipinski definition) is 2. The minimum atomic E-state index is -1.18. The van der Waals surface area contributed by atoms with Crippen LogP contribution in [0.3, 0.4) is 0 Å². The largest absolute Gasteiger partial charge is 0.493 e. The minimum absolute atomic E-state index is 0.199. The van der Waals surface area contributed by atoms with Crippen LogP contribution in [-0.4, -0.2) is 24.2 Å². The van der Waals surface area contributed by atoms with E-state index in [1.165, 1.54) is 0 Å². The highest BCUT2D eigenvalue weighted by molar-refractivity contribution is 5.83. The first-order chi connectivity index (χ1) is 8.63. The topological polar surface area (TPSA) is 58.6 Å². The Hall–Kier alpha value is -1.99. The third-order valence-electron chi connectivity index (χ3n) is 3.35. The van der Waals surface area contributed by atoms with Crippen molar-refractivity contribution in [2.75, 3.05) is 13.2 Å². The molecular weight excluding hydrogens is 230 g/mol. The Morgan fingerprint density at radius 2 is 2.39 bits per heavy atom. The first kappa shape index (κ1) is 12.5. The SMILES string of the molecule is C#CCNC1(C(=O)O)c2ccccc2OCC1C. The number of ether oxygens (including phenoxy) is 1. The second-order valence-electron chi connectivity index (χ2n) is 4.38. The van der Waals surface area contributed by atoms with Crippen molar-refractivity contribution in [3.63, 3.8) is 0 Å². The highest BCUT2D eigenvalue weighted by Gasteiger charge is 2.49. The maximum atomic E-state index is 11.8. The molecule has 2 rings (SSSR count). The van der Waals surface area contributed by atoms with Gasteiger partial charge < -0.3 is 9.84 Å². The van der Waals surface area contributed by atoms with E-state index < -0.39 is 11.5 Å². The van der Waals surface area contributed by atoms with Crippen molar-refractivity contribution in [1.82, 2.24) is 5.32 Å². The van der Waals surface area contributed by atoms with E-state index in [1.54, 1.807) is 18.2 Å². The third kappa shape index (κ3) is 1.73. The molecule has 1 aromatic rings. The number of nitrogens with one attached hydrogen (secondary N) is 1. The van der Waals surface area contributed by atoms with E-state index in [2.05, 4.69) is 11.2 Å². The number of terminal acetylenes is 1. The van der Waals surface area contributed by atoms with E-state index in [9.17, 15) is 9.90 Å². The number of fused-ring (bicyclic) bond motifs is 1. The van der Waals surface area contributed by atoms with Gasteiger partial charge in [0.2, 0.25) is 0 Å². The summed E-state index contributed by atoms with van der Waals surface area (Å²) in [6.07, 6.45) is 5.23. The molecule has 0 amide bonds. The van der Waals surface area contributed by atoms with Gasteiger partial charge in [-0.15, -0.1) is 6.42 Å². The first-order valence-electron chi connectivity index (χ1n) is 5.77. The van der Waals surface area contributed by atoms with Crippen LogP contribution in [0, 0.1) is 18.3 Å². The fraction of sp³-hybridized carbons (Fsp3) is 0.357. The standard InChI is InChI=1S/C14H15NO3/c1-3-8-15-14(13(16)17)10(2)9-18-12-7-5-4-6-11(12)14/h1,4-7,10,15H,8-9H2,2H3,(H,16,17). The number of carboxylic acids is 1. The molecule has 1 heterocycles. The average Bonchev–Trinajstić information content (AvgIpc) is 2.37. The Balaban J connectivity index is 2.56. The van der Waals surface area contributed by atoms with Crippen molar-refractivity contribution in [3.8, 4) is 18.1 Å². The van der Waals surface area contributed by atoms with Gasteiger partial charge in [0.25, 0.3) is 0 Å². The molecule has 0 aliphatic carbocycles. The summed E-state index contributed by atoms with van der Waals surface area (Å²) in [7, 11) is 0. The lowest BCUT2D eigenvalue weighted by atomic mass is 9.77. The van der Waals surface area contributed by atoms with Crippen LogP contribution in [0.2, 0.25) is 0 Å². The van der Waals surface area contributed by atoms with Crippen molar-refractivity contribution < 1.29 is 14.6 Å². The normalized spacial score (nSPS) is 25.7. The molecule has 0 radical (unpaired) electrons. The van der Waals surface area contributed by atoms with E-state index >= 15 is 0 Å². The van der Waals surface area contributed by atoms with Crippen LogP contribution in [0.5, 0.6) is 5.75 Å². The van der Waals surface area contributed by atoms with E-state index in [0.29, 0.717) is 17.9 Å². The number of hydrogen-bond acceptors (Lipinski definition) is 3. The Bertz CT molecular complexity index is 506. The molecule has 18 heavy (non-hydrogen) atoms. The predicted octanol–water partition coefficient (Wildman–Crippen LogP) is 1.22. The zero-order chi connectivity index (χ0) is 13.2. The second kappa shape index (κ2) is 4.71. The van der Waals surface area contributed by atoms with Crippen LogP contribution in [0.4, 0.5) is 0 Å². The van der Waals surface area contributed by atoms with Gasteiger partial charge in [-0.1, -0.05) is 31.0 Å². The molecule has 0 fully saturated rings. The summed E-state index contributed by atoms with van der Waals surface area (Å²) < 4.78 is 5.57. The van der Waals surface area contributed by atoms with Gasteiger partial charge in [-0.3, -0.25) is 5.32 Å². The maximum absolute atomic E-state index is 11.8. The number of aliphatic carboxylic acids is 1. The summed E-state index contributed by atoms with van der Waals surface area (Å²) in [6, 6.07) is 7.16.